The van der Waals surface area contributed by atoms with Crippen LogP contribution in [0.3, 0.4) is 0 Å². The van der Waals surface area contributed by atoms with E-state index in [0.717, 1.165) is 19.5 Å². The highest BCUT2D eigenvalue weighted by atomic mass is 16.5. The van der Waals surface area contributed by atoms with E-state index in [1.165, 1.54) is 0 Å². The number of rotatable bonds is 5. The molecule has 2 heterocycles. The molecule has 2 atom stereocenters. The van der Waals surface area contributed by atoms with Crippen molar-refractivity contribution in [2.75, 3.05) is 45.8 Å². The molecule has 2 aliphatic heterocycles. The molecule has 7 heteroatoms. The summed E-state index contributed by atoms with van der Waals surface area (Å²) in [6.45, 7) is 2.14. The number of likely N-dealkylation sites (N-methyl/N-ethyl adjacent to an activating group) is 1. The number of anilines is 1. The molecule has 0 saturated carbocycles. The van der Waals surface area contributed by atoms with Gasteiger partial charge in [0.2, 0.25) is 11.8 Å². The van der Waals surface area contributed by atoms with Gasteiger partial charge >= 0.3 is 0 Å². The van der Waals surface area contributed by atoms with E-state index in [4.69, 9.17) is 9.47 Å². The molecule has 0 aromatic heterocycles. The minimum atomic E-state index is -0.310. The van der Waals surface area contributed by atoms with Crippen LogP contribution in [0.2, 0.25) is 0 Å². The molecule has 136 valence electrons. The van der Waals surface area contributed by atoms with Crippen LogP contribution in [0.1, 0.15) is 12.8 Å². The van der Waals surface area contributed by atoms with Crippen LogP contribution in [0.5, 0.6) is 11.5 Å². The van der Waals surface area contributed by atoms with Gasteiger partial charge in [0.05, 0.1) is 25.8 Å². The average molecular weight is 347 g/mol. The maximum absolute atomic E-state index is 12.8. The first kappa shape index (κ1) is 17.5. The number of nitrogens with zero attached hydrogens (tertiary/aromatic N) is 2. The van der Waals surface area contributed by atoms with Gasteiger partial charge in [-0.2, -0.15) is 0 Å². The van der Waals surface area contributed by atoms with E-state index in [0.29, 0.717) is 23.7 Å². The first-order valence-electron chi connectivity index (χ1n) is 8.54. The third kappa shape index (κ3) is 3.56. The van der Waals surface area contributed by atoms with Gasteiger partial charge in [-0.3, -0.25) is 9.59 Å². The zero-order chi connectivity index (χ0) is 18.0. The van der Waals surface area contributed by atoms with Gasteiger partial charge in [-0.1, -0.05) is 0 Å². The summed E-state index contributed by atoms with van der Waals surface area (Å²) >= 11 is 0. The van der Waals surface area contributed by atoms with Gasteiger partial charge in [-0.05, 0) is 13.0 Å². The van der Waals surface area contributed by atoms with Gasteiger partial charge in [0.15, 0.2) is 0 Å². The Bertz CT molecular complexity index is 635. The van der Waals surface area contributed by atoms with Gasteiger partial charge < -0.3 is 24.6 Å². The molecule has 0 spiro atoms. The molecule has 2 aliphatic rings. The van der Waals surface area contributed by atoms with Crippen molar-refractivity contribution < 1.29 is 19.1 Å². The molecule has 0 radical (unpaired) electrons. The lowest BCUT2D eigenvalue weighted by Gasteiger charge is -2.26. The van der Waals surface area contributed by atoms with E-state index in [9.17, 15) is 9.59 Å². The number of amides is 2. The maximum Gasteiger partial charge on any atom is 0.228 e. The first-order valence-corrected chi connectivity index (χ1v) is 8.54. The van der Waals surface area contributed by atoms with Crippen LogP contribution in [0.15, 0.2) is 18.2 Å². The summed E-state index contributed by atoms with van der Waals surface area (Å²) in [5.41, 5.74) is 0.696. The van der Waals surface area contributed by atoms with E-state index < -0.39 is 0 Å². The summed E-state index contributed by atoms with van der Waals surface area (Å²) in [6.07, 6.45) is 1.20. The van der Waals surface area contributed by atoms with Crippen molar-refractivity contribution >= 4 is 17.5 Å². The molecular weight excluding hydrogens is 322 g/mol. The Morgan fingerprint density at radius 2 is 1.92 bits per heavy atom. The Balaban J connectivity index is 1.75. The van der Waals surface area contributed by atoms with E-state index in [1.807, 2.05) is 7.05 Å². The van der Waals surface area contributed by atoms with Gasteiger partial charge in [0, 0.05) is 50.8 Å². The molecule has 0 aliphatic carbocycles. The zero-order valence-corrected chi connectivity index (χ0v) is 14.9. The summed E-state index contributed by atoms with van der Waals surface area (Å²) in [4.78, 5) is 28.7. The fourth-order valence-corrected chi connectivity index (χ4v) is 3.51. The minimum absolute atomic E-state index is 0.0411. The zero-order valence-electron chi connectivity index (χ0n) is 14.9. The highest BCUT2D eigenvalue weighted by Gasteiger charge is 2.38. The van der Waals surface area contributed by atoms with E-state index >= 15 is 0 Å². The van der Waals surface area contributed by atoms with Crippen LogP contribution in [-0.2, 0) is 9.59 Å². The van der Waals surface area contributed by atoms with Crippen LogP contribution in [0.4, 0.5) is 5.69 Å². The van der Waals surface area contributed by atoms with Crippen molar-refractivity contribution in [3.05, 3.63) is 18.2 Å². The highest BCUT2D eigenvalue weighted by molar-refractivity contribution is 6.00. The topological polar surface area (TPSA) is 71.1 Å². The Labute approximate surface area is 147 Å². The van der Waals surface area contributed by atoms with Crippen molar-refractivity contribution in [2.24, 2.45) is 5.92 Å². The van der Waals surface area contributed by atoms with Gasteiger partial charge in [0.25, 0.3) is 0 Å². The lowest BCUT2D eigenvalue weighted by Crippen LogP contribution is -2.42. The second-order valence-electron chi connectivity index (χ2n) is 6.57. The van der Waals surface area contributed by atoms with Crippen LogP contribution < -0.4 is 19.7 Å². The number of nitrogens with one attached hydrogen (secondary N) is 1. The van der Waals surface area contributed by atoms with Gasteiger partial charge in [0.1, 0.15) is 11.5 Å². The highest BCUT2D eigenvalue weighted by Crippen LogP contribution is 2.33. The van der Waals surface area contributed by atoms with Crippen molar-refractivity contribution in [1.29, 1.82) is 0 Å². The second kappa shape index (κ2) is 7.31. The average Bonchev–Trinajstić information content (AvgIpc) is 3.29. The number of hydrogen-bond donors (Lipinski definition) is 1. The number of carbonyl (C=O) groups is 2. The third-order valence-electron chi connectivity index (χ3n) is 5.05. The molecular formula is C18H25N3O4. The maximum atomic E-state index is 12.8. The smallest absolute Gasteiger partial charge is 0.228 e. The predicted molar refractivity (Wildman–Crippen MR) is 94.1 cm³/mol. The standard InChI is InChI=1S/C18H25N3O4/c1-20(13-4-5-19-10-13)18(23)12-6-17(22)21(11-12)14-7-15(24-2)9-16(8-14)25-3/h7-9,12-13,19H,4-6,10-11H2,1-3H3. The Morgan fingerprint density at radius 1 is 1.24 bits per heavy atom. The molecule has 1 aromatic carbocycles. The number of benzene rings is 1. The Hall–Kier alpha value is -2.28. The molecule has 25 heavy (non-hydrogen) atoms. The quantitative estimate of drug-likeness (QED) is 0.856. The Morgan fingerprint density at radius 3 is 2.48 bits per heavy atom. The molecule has 1 N–H and O–H groups in total. The summed E-state index contributed by atoms with van der Waals surface area (Å²) in [5, 5.41) is 3.27. The molecule has 7 nitrogen and oxygen atoms in total. The molecule has 2 unspecified atom stereocenters. The fraction of sp³-hybridized carbons (Fsp3) is 0.556. The van der Waals surface area contributed by atoms with E-state index in [1.54, 1.807) is 42.2 Å². The lowest BCUT2D eigenvalue weighted by atomic mass is 10.1. The molecule has 1 aromatic rings. The normalized spacial score (nSPS) is 23.0. The molecule has 2 fully saturated rings. The van der Waals surface area contributed by atoms with Gasteiger partial charge in [-0.15, -0.1) is 0 Å². The van der Waals surface area contributed by atoms with Crippen LogP contribution in [-0.4, -0.2) is 63.7 Å². The summed E-state index contributed by atoms with van der Waals surface area (Å²) in [5.74, 6) is 0.915. The first-order chi connectivity index (χ1) is 12.0. The number of ether oxygens (including phenoxy) is 2. The van der Waals surface area contributed by atoms with E-state index in [2.05, 4.69) is 5.32 Å². The predicted octanol–water partition coefficient (Wildman–Crippen LogP) is 0.877. The summed E-state index contributed by atoms with van der Waals surface area (Å²) in [7, 11) is 4.98. The van der Waals surface area contributed by atoms with Gasteiger partial charge in [-0.25, -0.2) is 0 Å². The molecule has 2 amide bonds. The minimum Gasteiger partial charge on any atom is -0.497 e. The SMILES string of the molecule is COc1cc(OC)cc(N2CC(C(=O)N(C)C3CCNC3)CC2=O)c1. The Kier molecular flexibility index (Phi) is 5.13. The number of methoxy groups -OCH3 is 2. The fourth-order valence-electron chi connectivity index (χ4n) is 3.51. The molecule has 2 saturated heterocycles. The summed E-state index contributed by atoms with van der Waals surface area (Å²) in [6, 6.07) is 5.55. The largest absolute Gasteiger partial charge is 0.497 e. The number of carbonyl (C=O) groups excluding carboxylic acids is 2. The second-order valence-corrected chi connectivity index (χ2v) is 6.57. The van der Waals surface area contributed by atoms with Crippen molar-refractivity contribution in [2.45, 2.75) is 18.9 Å². The monoisotopic (exact) mass is 347 g/mol. The number of hydrogen-bond acceptors (Lipinski definition) is 5. The van der Waals surface area contributed by atoms with Crippen LogP contribution in [0.25, 0.3) is 0 Å². The molecule has 0 bridgehead atoms. The van der Waals surface area contributed by atoms with Crippen molar-refractivity contribution in [3.63, 3.8) is 0 Å². The van der Waals surface area contributed by atoms with E-state index in [-0.39, 0.29) is 30.2 Å². The van der Waals surface area contributed by atoms with Crippen molar-refractivity contribution in [1.82, 2.24) is 10.2 Å². The lowest BCUT2D eigenvalue weighted by molar-refractivity contribution is -0.136. The van der Waals surface area contributed by atoms with Crippen LogP contribution >= 0.6 is 0 Å². The summed E-state index contributed by atoms with van der Waals surface area (Å²) < 4.78 is 10.5. The van der Waals surface area contributed by atoms with Crippen LogP contribution in [0, 0.1) is 5.92 Å². The molecule has 3 rings (SSSR count). The van der Waals surface area contributed by atoms with Crippen molar-refractivity contribution in [3.8, 4) is 11.5 Å². The third-order valence-corrected chi connectivity index (χ3v) is 5.05.